The SMILES string of the molecule is CC1C=CC(CC(N)C(N)=O)=CC1. The standard InChI is InChI=1S/C10H16N2O/c1-7-2-4-8(5-3-7)6-9(11)10(12)13/h2,4-5,7,9H,3,6,11H2,1H3,(H2,12,13). The van der Waals surface area contributed by atoms with Crippen LogP contribution in [0.3, 0.4) is 0 Å². The minimum atomic E-state index is -0.552. The van der Waals surface area contributed by atoms with Gasteiger partial charge in [-0.15, -0.1) is 0 Å². The fraction of sp³-hybridized carbons (Fsp3) is 0.500. The lowest BCUT2D eigenvalue weighted by molar-refractivity contribution is -0.119. The van der Waals surface area contributed by atoms with Gasteiger partial charge in [0.15, 0.2) is 0 Å². The summed E-state index contributed by atoms with van der Waals surface area (Å²) in [5.41, 5.74) is 11.7. The summed E-state index contributed by atoms with van der Waals surface area (Å²) in [5, 5.41) is 0. The normalized spacial score (nSPS) is 23.8. The molecule has 0 heterocycles. The molecule has 0 bridgehead atoms. The molecule has 2 unspecified atom stereocenters. The van der Waals surface area contributed by atoms with E-state index in [-0.39, 0.29) is 0 Å². The van der Waals surface area contributed by atoms with Gasteiger partial charge in [0.1, 0.15) is 0 Å². The van der Waals surface area contributed by atoms with Crippen molar-refractivity contribution in [2.45, 2.75) is 25.8 Å². The van der Waals surface area contributed by atoms with Gasteiger partial charge in [-0.25, -0.2) is 0 Å². The number of nitrogens with two attached hydrogens (primary N) is 2. The number of allylic oxidation sites excluding steroid dienone is 3. The molecule has 1 amide bonds. The molecule has 0 aromatic carbocycles. The molecule has 3 heteroatoms. The summed E-state index contributed by atoms with van der Waals surface area (Å²) < 4.78 is 0. The highest BCUT2D eigenvalue weighted by Crippen LogP contribution is 2.18. The van der Waals surface area contributed by atoms with Gasteiger partial charge in [0, 0.05) is 0 Å². The van der Waals surface area contributed by atoms with E-state index < -0.39 is 11.9 Å². The molecule has 2 atom stereocenters. The Balaban J connectivity index is 2.47. The Hall–Kier alpha value is -1.09. The summed E-state index contributed by atoms with van der Waals surface area (Å²) in [6.07, 6.45) is 7.85. The zero-order chi connectivity index (χ0) is 9.84. The van der Waals surface area contributed by atoms with E-state index in [0.717, 1.165) is 12.0 Å². The largest absolute Gasteiger partial charge is 0.368 e. The van der Waals surface area contributed by atoms with Gasteiger partial charge in [-0.3, -0.25) is 4.79 Å². The lowest BCUT2D eigenvalue weighted by Crippen LogP contribution is -2.36. The van der Waals surface area contributed by atoms with E-state index in [1.807, 2.05) is 6.08 Å². The third-order valence-corrected chi connectivity index (χ3v) is 2.21. The van der Waals surface area contributed by atoms with Crippen molar-refractivity contribution in [1.82, 2.24) is 0 Å². The van der Waals surface area contributed by atoms with Gasteiger partial charge < -0.3 is 11.5 Å². The second kappa shape index (κ2) is 4.23. The van der Waals surface area contributed by atoms with Crippen molar-refractivity contribution in [1.29, 1.82) is 0 Å². The minimum absolute atomic E-state index is 0.437. The lowest BCUT2D eigenvalue weighted by atomic mass is 9.95. The Labute approximate surface area is 78.5 Å². The number of hydrogen-bond acceptors (Lipinski definition) is 2. The van der Waals surface area contributed by atoms with Crippen LogP contribution in [0, 0.1) is 5.92 Å². The van der Waals surface area contributed by atoms with Crippen LogP contribution in [-0.2, 0) is 4.79 Å². The number of rotatable bonds is 3. The van der Waals surface area contributed by atoms with Crippen molar-refractivity contribution in [3.63, 3.8) is 0 Å². The fourth-order valence-electron chi connectivity index (χ4n) is 1.28. The van der Waals surface area contributed by atoms with E-state index in [4.69, 9.17) is 11.5 Å². The van der Waals surface area contributed by atoms with Crippen LogP contribution in [-0.4, -0.2) is 11.9 Å². The fourth-order valence-corrected chi connectivity index (χ4v) is 1.28. The molecular formula is C10H16N2O. The minimum Gasteiger partial charge on any atom is -0.368 e. The van der Waals surface area contributed by atoms with Gasteiger partial charge in [0.2, 0.25) is 5.91 Å². The molecule has 0 spiro atoms. The van der Waals surface area contributed by atoms with E-state index in [1.54, 1.807) is 0 Å². The average Bonchev–Trinajstić information content (AvgIpc) is 2.08. The Morgan fingerprint density at radius 1 is 1.77 bits per heavy atom. The van der Waals surface area contributed by atoms with E-state index in [9.17, 15) is 4.79 Å². The predicted molar refractivity (Wildman–Crippen MR) is 52.8 cm³/mol. The molecule has 13 heavy (non-hydrogen) atoms. The van der Waals surface area contributed by atoms with Gasteiger partial charge in [-0.1, -0.05) is 30.7 Å². The van der Waals surface area contributed by atoms with Crippen LogP contribution in [0.15, 0.2) is 23.8 Å². The molecule has 1 rings (SSSR count). The van der Waals surface area contributed by atoms with Crippen LogP contribution in [0.4, 0.5) is 0 Å². The third-order valence-electron chi connectivity index (χ3n) is 2.21. The number of carbonyl (C=O) groups is 1. The Kier molecular flexibility index (Phi) is 3.25. The number of amides is 1. The molecule has 0 aliphatic heterocycles. The van der Waals surface area contributed by atoms with Gasteiger partial charge in [0.05, 0.1) is 6.04 Å². The molecule has 4 N–H and O–H groups in total. The molecule has 0 aromatic heterocycles. The Morgan fingerprint density at radius 2 is 2.46 bits per heavy atom. The van der Waals surface area contributed by atoms with E-state index in [0.29, 0.717) is 12.3 Å². The molecule has 0 saturated carbocycles. The first-order valence-electron chi connectivity index (χ1n) is 4.51. The van der Waals surface area contributed by atoms with Crippen molar-refractivity contribution in [3.05, 3.63) is 23.8 Å². The van der Waals surface area contributed by atoms with Gasteiger partial charge in [0.25, 0.3) is 0 Å². The highest BCUT2D eigenvalue weighted by molar-refractivity contribution is 5.80. The average molecular weight is 180 g/mol. The van der Waals surface area contributed by atoms with E-state index >= 15 is 0 Å². The van der Waals surface area contributed by atoms with Crippen molar-refractivity contribution in [2.24, 2.45) is 17.4 Å². The van der Waals surface area contributed by atoms with Crippen molar-refractivity contribution >= 4 is 5.91 Å². The quantitative estimate of drug-likeness (QED) is 0.671. The van der Waals surface area contributed by atoms with E-state index in [2.05, 4.69) is 19.1 Å². The van der Waals surface area contributed by atoms with Gasteiger partial charge in [-0.05, 0) is 18.8 Å². The maximum atomic E-state index is 10.7. The smallest absolute Gasteiger partial charge is 0.234 e. The van der Waals surface area contributed by atoms with Gasteiger partial charge >= 0.3 is 0 Å². The maximum absolute atomic E-state index is 10.7. The third kappa shape index (κ3) is 3.03. The van der Waals surface area contributed by atoms with Crippen molar-refractivity contribution in [2.75, 3.05) is 0 Å². The monoisotopic (exact) mass is 180 g/mol. The lowest BCUT2D eigenvalue weighted by Gasteiger charge is -2.13. The summed E-state index contributed by atoms with van der Waals surface area (Å²) in [4.78, 5) is 10.7. The molecule has 0 aromatic rings. The Morgan fingerprint density at radius 3 is 2.92 bits per heavy atom. The van der Waals surface area contributed by atoms with Crippen molar-refractivity contribution in [3.8, 4) is 0 Å². The van der Waals surface area contributed by atoms with Crippen LogP contribution >= 0.6 is 0 Å². The predicted octanol–water partition coefficient (Wildman–Crippen LogP) is 0.712. The van der Waals surface area contributed by atoms with Crippen LogP contribution in [0.1, 0.15) is 19.8 Å². The molecule has 1 aliphatic carbocycles. The first kappa shape index (κ1) is 9.99. The number of primary amides is 1. The second-order valence-corrected chi connectivity index (χ2v) is 3.56. The van der Waals surface area contributed by atoms with Crippen LogP contribution in [0.2, 0.25) is 0 Å². The number of carbonyl (C=O) groups excluding carboxylic acids is 1. The number of hydrogen-bond donors (Lipinski definition) is 2. The highest BCUT2D eigenvalue weighted by atomic mass is 16.1. The first-order chi connectivity index (χ1) is 6.09. The topological polar surface area (TPSA) is 69.1 Å². The molecule has 0 saturated heterocycles. The molecule has 72 valence electrons. The second-order valence-electron chi connectivity index (χ2n) is 3.56. The zero-order valence-corrected chi connectivity index (χ0v) is 7.86. The highest BCUT2D eigenvalue weighted by Gasteiger charge is 2.12. The van der Waals surface area contributed by atoms with Gasteiger partial charge in [-0.2, -0.15) is 0 Å². The summed E-state index contributed by atoms with van der Waals surface area (Å²) in [5.74, 6) is 0.154. The molecule has 1 aliphatic rings. The first-order valence-corrected chi connectivity index (χ1v) is 4.51. The van der Waals surface area contributed by atoms with Crippen LogP contribution < -0.4 is 11.5 Å². The molecule has 0 radical (unpaired) electrons. The molecule has 0 fully saturated rings. The maximum Gasteiger partial charge on any atom is 0.234 e. The van der Waals surface area contributed by atoms with Crippen LogP contribution in [0.25, 0.3) is 0 Å². The van der Waals surface area contributed by atoms with Crippen LogP contribution in [0.5, 0.6) is 0 Å². The molecule has 3 nitrogen and oxygen atoms in total. The summed E-state index contributed by atoms with van der Waals surface area (Å²) in [6.45, 7) is 2.15. The summed E-state index contributed by atoms with van der Waals surface area (Å²) >= 11 is 0. The summed E-state index contributed by atoms with van der Waals surface area (Å²) in [6, 6.07) is -0.552. The Bertz CT molecular complexity index is 256. The van der Waals surface area contributed by atoms with Crippen molar-refractivity contribution < 1.29 is 4.79 Å². The zero-order valence-electron chi connectivity index (χ0n) is 7.86. The van der Waals surface area contributed by atoms with E-state index in [1.165, 1.54) is 0 Å². The molecular weight excluding hydrogens is 164 g/mol. The summed E-state index contributed by atoms with van der Waals surface area (Å²) in [7, 11) is 0.